The van der Waals surface area contributed by atoms with Crippen LogP contribution in [0.25, 0.3) is 34.1 Å². The van der Waals surface area contributed by atoms with Gasteiger partial charge in [0.05, 0.1) is 5.56 Å². The van der Waals surface area contributed by atoms with Crippen LogP contribution in [0.3, 0.4) is 0 Å². The van der Waals surface area contributed by atoms with Gasteiger partial charge in [-0.1, -0.05) is 12.6 Å². The first kappa shape index (κ1) is 30.8. The molecule has 43 heavy (non-hydrogen) atoms. The van der Waals surface area contributed by atoms with Crippen LogP contribution in [-0.4, -0.2) is 67.0 Å². The summed E-state index contributed by atoms with van der Waals surface area (Å²) < 4.78 is 3.83. The van der Waals surface area contributed by atoms with Gasteiger partial charge in [-0.2, -0.15) is 5.10 Å². The van der Waals surface area contributed by atoms with Crippen molar-refractivity contribution in [1.29, 1.82) is 0 Å². The minimum absolute atomic E-state index is 0.0764. The SMILES string of the molecule is C=CC(=O)N1CCCC1.C=O.CN.Nc1ncccc1-c1nc2ccc(-n3cccn3)nc2n1-c1ccc2c(c1)CCC2. The molecule has 222 valence electrons. The molecule has 4 N–H and O–H groups in total. The number of hydrogen-bond acceptors (Lipinski definition) is 8. The number of rotatable bonds is 4. The summed E-state index contributed by atoms with van der Waals surface area (Å²) in [5, 5.41) is 4.32. The number of aryl methyl sites for hydroxylation is 2. The Hall–Kier alpha value is -5.16. The number of fused-ring (bicyclic) bond motifs is 2. The average Bonchev–Trinajstić information content (AvgIpc) is 3.89. The van der Waals surface area contributed by atoms with Crippen molar-refractivity contribution in [3.8, 4) is 22.9 Å². The lowest BCUT2D eigenvalue weighted by molar-refractivity contribution is -0.124. The van der Waals surface area contributed by atoms with Crippen LogP contribution in [0.15, 0.2) is 79.8 Å². The van der Waals surface area contributed by atoms with E-state index in [2.05, 4.69) is 45.2 Å². The van der Waals surface area contributed by atoms with Crippen LogP contribution in [0.1, 0.15) is 30.4 Å². The molecule has 0 unspecified atom stereocenters. The van der Waals surface area contributed by atoms with Crippen LogP contribution in [-0.2, 0) is 22.4 Å². The highest BCUT2D eigenvalue weighted by Crippen LogP contribution is 2.32. The van der Waals surface area contributed by atoms with Gasteiger partial charge in [0, 0.05) is 37.4 Å². The van der Waals surface area contributed by atoms with Crippen LogP contribution in [0, 0.1) is 0 Å². The predicted molar refractivity (Wildman–Crippen MR) is 169 cm³/mol. The number of amides is 1. The normalized spacial score (nSPS) is 13.1. The molecular weight excluding hydrogens is 542 g/mol. The highest BCUT2D eigenvalue weighted by molar-refractivity contribution is 5.87. The summed E-state index contributed by atoms with van der Waals surface area (Å²) in [7, 11) is 1.50. The number of pyridine rings is 2. The molecule has 0 bridgehead atoms. The molecule has 1 saturated heterocycles. The van der Waals surface area contributed by atoms with E-state index < -0.39 is 0 Å². The highest BCUT2D eigenvalue weighted by atomic mass is 16.2. The van der Waals surface area contributed by atoms with Crippen molar-refractivity contribution in [1.82, 2.24) is 34.2 Å². The summed E-state index contributed by atoms with van der Waals surface area (Å²) in [5.74, 6) is 1.99. The van der Waals surface area contributed by atoms with E-state index in [9.17, 15) is 4.79 Å². The molecule has 0 spiro atoms. The Morgan fingerprint density at radius 3 is 2.40 bits per heavy atom. The third kappa shape index (κ3) is 6.68. The molecule has 1 aliphatic heterocycles. The van der Waals surface area contributed by atoms with Gasteiger partial charge in [0.25, 0.3) is 0 Å². The summed E-state index contributed by atoms with van der Waals surface area (Å²) in [5.41, 5.74) is 16.9. The monoisotopic (exact) mass is 579 g/mol. The Bertz CT molecular complexity index is 1670. The molecule has 1 aromatic carbocycles. The summed E-state index contributed by atoms with van der Waals surface area (Å²) in [6.45, 7) is 7.26. The van der Waals surface area contributed by atoms with Gasteiger partial charge in [-0.3, -0.25) is 9.36 Å². The Labute approximate surface area is 250 Å². The molecule has 11 heteroatoms. The Balaban J connectivity index is 0.000000277. The summed E-state index contributed by atoms with van der Waals surface area (Å²) in [6, 6.07) is 16.2. The second-order valence-corrected chi connectivity index (χ2v) is 9.71. The van der Waals surface area contributed by atoms with E-state index in [0.717, 1.165) is 72.8 Å². The number of likely N-dealkylation sites (tertiary alicyclic amines) is 1. The molecule has 0 radical (unpaired) electrons. The number of nitrogen functional groups attached to an aromatic ring is 1. The van der Waals surface area contributed by atoms with E-state index in [1.54, 1.807) is 17.1 Å². The number of carbonyl (C=O) groups excluding carboxylic acids is 2. The number of nitrogens with zero attached hydrogens (tertiary/aromatic N) is 7. The maximum atomic E-state index is 10.8. The fourth-order valence-electron chi connectivity index (χ4n) is 5.27. The Kier molecular flexibility index (Phi) is 10.5. The minimum Gasteiger partial charge on any atom is -0.383 e. The summed E-state index contributed by atoms with van der Waals surface area (Å²) in [4.78, 5) is 34.7. The number of hydrogen-bond donors (Lipinski definition) is 2. The molecular formula is C32H37N9O2. The van der Waals surface area contributed by atoms with Crippen molar-refractivity contribution in [3.05, 3.63) is 90.9 Å². The van der Waals surface area contributed by atoms with E-state index in [1.807, 2.05) is 48.2 Å². The van der Waals surface area contributed by atoms with E-state index in [4.69, 9.17) is 20.5 Å². The lowest BCUT2D eigenvalue weighted by atomic mass is 10.1. The van der Waals surface area contributed by atoms with Crippen molar-refractivity contribution < 1.29 is 9.59 Å². The minimum atomic E-state index is 0.0764. The average molecular weight is 580 g/mol. The molecule has 5 heterocycles. The number of aromatic nitrogens is 6. The van der Waals surface area contributed by atoms with Gasteiger partial charge >= 0.3 is 0 Å². The molecule has 7 rings (SSSR count). The maximum Gasteiger partial charge on any atom is 0.245 e. The fourth-order valence-corrected chi connectivity index (χ4v) is 5.27. The smallest absolute Gasteiger partial charge is 0.245 e. The third-order valence-electron chi connectivity index (χ3n) is 7.24. The zero-order chi connectivity index (χ0) is 30.8. The Morgan fingerprint density at radius 2 is 1.70 bits per heavy atom. The van der Waals surface area contributed by atoms with Crippen molar-refractivity contribution >= 4 is 29.7 Å². The molecule has 11 nitrogen and oxygen atoms in total. The quantitative estimate of drug-likeness (QED) is 0.304. The number of imidazole rings is 1. The van der Waals surface area contributed by atoms with Crippen molar-refractivity contribution in [2.75, 3.05) is 25.9 Å². The van der Waals surface area contributed by atoms with Gasteiger partial charge in [0.2, 0.25) is 5.91 Å². The molecule has 2 aliphatic rings. The number of nitrogens with two attached hydrogens (primary N) is 2. The molecule has 4 aromatic heterocycles. The van der Waals surface area contributed by atoms with Crippen LogP contribution in [0.5, 0.6) is 0 Å². The number of anilines is 1. The number of carbonyl (C=O) groups is 2. The highest BCUT2D eigenvalue weighted by Gasteiger charge is 2.20. The molecule has 1 amide bonds. The molecule has 0 saturated carbocycles. The van der Waals surface area contributed by atoms with E-state index in [0.29, 0.717) is 5.82 Å². The third-order valence-corrected chi connectivity index (χ3v) is 7.24. The van der Waals surface area contributed by atoms with Gasteiger partial charge in [0.1, 0.15) is 18.1 Å². The first-order valence-electron chi connectivity index (χ1n) is 14.1. The van der Waals surface area contributed by atoms with Crippen LogP contribution < -0.4 is 11.5 Å². The van der Waals surface area contributed by atoms with Crippen molar-refractivity contribution in [2.45, 2.75) is 32.1 Å². The zero-order valence-corrected chi connectivity index (χ0v) is 24.4. The van der Waals surface area contributed by atoms with Gasteiger partial charge in [-0.25, -0.2) is 19.6 Å². The van der Waals surface area contributed by atoms with E-state index in [-0.39, 0.29) is 5.91 Å². The van der Waals surface area contributed by atoms with Crippen molar-refractivity contribution in [3.63, 3.8) is 0 Å². The lowest BCUT2D eigenvalue weighted by Gasteiger charge is -2.12. The molecule has 5 aromatic rings. The van der Waals surface area contributed by atoms with Gasteiger partial charge in [-0.15, -0.1) is 0 Å². The molecule has 1 aliphatic carbocycles. The first-order valence-corrected chi connectivity index (χ1v) is 14.1. The van der Waals surface area contributed by atoms with E-state index >= 15 is 0 Å². The van der Waals surface area contributed by atoms with Crippen LogP contribution in [0.2, 0.25) is 0 Å². The van der Waals surface area contributed by atoms with Crippen LogP contribution >= 0.6 is 0 Å². The largest absolute Gasteiger partial charge is 0.383 e. The van der Waals surface area contributed by atoms with E-state index in [1.165, 1.54) is 30.7 Å². The van der Waals surface area contributed by atoms with Gasteiger partial charge in [0.15, 0.2) is 17.3 Å². The fraction of sp³-hybridized carbons (Fsp3) is 0.250. The lowest BCUT2D eigenvalue weighted by Crippen LogP contribution is -2.25. The predicted octanol–water partition coefficient (Wildman–Crippen LogP) is 3.92. The Morgan fingerprint density at radius 1 is 0.930 bits per heavy atom. The maximum absolute atomic E-state index is 10.8. The van der Waals surface area contributed by atoms with Gasteiger partial charge < -0.3 is 21.2 Å². The standard InChI is InChI=1S/C23H19N7.C7H11NO.CH5N.CH2O/c24-21-18(6-2-11-25-21)22-27-19-9-10-20(29-13-3-12-26-29)28-23(19)30(22)17-8-7-15-4-1-5-16(15)14-17;1-2-7(9)8-5-3-4-6-8;2*1-2/h2-3,6-14H,1,4-5H2,(H2,24,25);2H,1,3-6H2;2H2,1H3;1H2. The molecule has 0 atom stereocenters. The van der Waals surface area contributed by atoms with Crippen LogP contribution in [0.4, 0.5) is 5.82 Å². The number of benzene rings is 1. The second-order valence-electron chi connectivity index (χ2n) is 9.71. The summed E-state index contributed by atoms with van der Waals surface area (Å²) in [6.07, 6.45) is 12.4. The second kappa shape index (κ2) is 14.6. The van der Waals surface area contributed by atoms with Gasteiger partial charge in [-0.05, 0) is 98.8 Å². The zero-order valence-electron chi connectivity index (χ0n) is 24.4. The first-order chi connectivity index (χ1) is 21.1. The topological polar surface area (TPSA) is 151 Å². The van der Waals surface area contributed by atoms with Crippen molar-refractivity contribution in [2.24, 2.45) is 5.73 Å². The molecule has 1 fully saturated rings. The summed E-state index contributed by atoms with van der Waals surface area (Å²) >= 11 is 0.